The van der Waals surface area contributed by atoms with Crippen LogP contribution in [0.4, 0.5) is 13.2 Å². The van der Waals surface area contributed by atoms with Gasteiger partial charge in [0.25, 0.3) is 0 Å². The molecule has 3 heterocycles. The van der Waals surface area contributed by atoms with E-state index in [4.69, 9.17) is 16.3 Å². The average molecular weight is 600 g/mol. The van der Waals surface area contributed by atoms with Crippen LogP contribution in [0.15, 0.2) is 41.3 Å². The minimum absolute atomic E-state index is 0.0916. The maximum absolute atomic E-state index is 13.3. The van der Waals surface area contributed by atoms with E-state index in [1.54, 1.807) is 0 Å². The second-order valence-corrected chi connectivity index (χ2v) is 13.0. The Morgan fingerprint density at radius 3 is 2.58 bits per heavy atom. The fourth-order valence-electron chi connectivity index (χ4n) is 5.85. The standard InChI is InChI=1S/C28H33ClF3N3O4S/c29-24-17-23-25(9-13-39-26(23)14-19(24)18-34-10-2-1-3-11-34)33-27(36)16-21-7-5-12-35(21)40(37,38)22-8-4-6-20(15-22)28(30,31)32/h4,6,8,14-15,17,21,25H,1-3,5,7,9-13,16,18H2,(H,33,36)/t21-,25+/m0/s1. The van der Waals surface area contributed by atoms with Gasteiger partial charge < -0.3 is 10.1 Å². The number of amides is 1. The lowest BCUT2D eigenvalue weighted by molar-refractivity contribution is -0.137. The third kappa shape index (κ3) is 6.42. The second kappa shape index (κ2) is 11.9. The van der Waals surface area contributed by atoms with Crippen molar-refractivity contribution in [2.24, 2.45) is 0 Å². The van der Waals surface area contributed by atoms with Crippen LogP contribution >= 0.6 is 11.6 Å². The number of nitrogens with zero attached hydrogens (tertiary/aromatic N) is 2. The van der Waals surface area contributed by atoms with Crippen molar-refractivity contribution in [3.8, 4) is 5.75 Å². The van der Waals surface area contributed by atoms with Gasteiger partial charge in [0.2, 0.25) is 15.9 Å². The molecule has 0 spiro atoms. The molecular weight excluding hydrogens is 567 g/mol. The molecule has 1 amide bonds. The van der Waals surface area contributed by atoms with Crippen molar-refractivity contribution in [3.63, 3.8) is 0 Å². The van der Waals surface area contributed by atoms with Gasteiger partial charge >= 0.3 is 6.18 Å². The Labute approximate surface area is 237 Å². The molecule has 0 saturated carbocycles. The highest BCUT2D eigenvalue weighted by atomic mass is 35.5. The van der Waals surface area contributed by atoms with E-state index in [-0.39, 0.29) is 24.9 Å². The van der Waals surface area contributed by atoms with Gasteiger partial charge in [-0.05, 0) is 74.7 Å². The number of piperidine rings is 1. The molecule has 0 bridgehead atoms. The third-order valence-corrected chi connectivity index (χ3v) is 10.2. The van der Waals surface area contributed by atoms with Gasteiger partial charge in [-0.25, -0.2) is 8.42 Å². The molecule has 2 aromatic carbocycles. The van der Waals surface area contributed by atoms with E-state index in [1.807, 2.05) is 12.1 Å². The van der Waals surface area contributed by atoms with Gasteiger partial charge in [-0.2, -0.15) is 17.5 Å². The van der Waals surface area contributed by atoms with Crippen molar-refractivity contribution in [2.75, 3.05) is 26.2 Å². The molecule has 2 atom stereocenters. The highest BCUT2D eigenvalue weighted by Crippen LogP contribution is 2.38. The maximum Gasteiger partial charge on any atom is 0.416 e. The van der Waals surface area contributed by atoms with Crippen molar-refractivity contribution in [2.45, 2.75) is 74.6 Å². The van der Waals surface area contributed by atoms with E-state index < -0.39 is 32.7 Å². The first-order valence-electron chi connectivity index (χ1n) is 13.7. The monoisotopic (exact) mass is 599 g/mol. The van der Waals surface area contributed by atoms with Crippen LogP contribution < -0.4 is 10.1 Å². The largest absolute Gasteiger partial charge is 0.493 e. The van der Waals surface area contributed by atoms with E-state index in [0.29, 0.717) is 42.7 Å². The normalized spacial score (nSPS) is 22.5. The second-order valence-electron chi connectivity index (χ2n) is 10.7. The first kappa shape index (κ1) is 29.2. The molecule has 0 aromatic heterocycles. The van der Waals surface area contributed by atoms with Crippen LogP contribution in [-0.4, -0.2) is 55.8 Å². The molecule has 0 unspecified atom stereocenters. The number of halogens is 4. The van der Waals surface area contributed by atoms with Crippen LogP contribution in [0, 0.1) is 0 Å². The molecule has 0 radical (unpaired) electrons. The Bertz CT molecular complexity index is 1350. The number of carbonyl (C=O) groups excluding carboxylic acids is 1. The smallest absolute Gasteiger partial charge is 0.416 e. The Morgan fingerprint density at radius 2 is 1.82 bits per heavy atom. The van der Waals surface area contributed by atoms with Gasteiger partial charge in [0.05, 0.1) is 23.1 Å². The Kier molecular flexibility index (Phi) is 8.66. The predicted molar refractivity (Wildman–Crippen MR) is 145 cm³/mol. The Morgan fingerprint density at radius 1 is 1.05 bits per heavy atom. The highest BCUT2D eigenvalue weighted by molar-refractivity contribution is 7.89. The van der Waals surface area contributed by atoms with E-state index >= 15 is 0 Å². The molecule has 3 aliphatic heterocycles. The van der Waals surface area contributed by atoms with Crippen molar-refractivity contribution >= 4 is 27.5 Å². The lowest BCUT2D eigenvalue weighted by Gasteiger charge is -2.30. The zero-order valence-corrected chi connectivity index (χ0v) is 23.6. The molecular formula is C28H33ClF3N3O4S. The van der Waals surface area contributed by atoms with Crippen LogP contribution in [0.25, 0.3) is 0 Å². The quantitative estimate of drug-likeness (QED) is 0.453. The minimum Gasteiger partial charge on any atom is -0.493 e. The van der Waals surface area contributed by atoms with E-state index in [0.717, 1.165) is 53.3 Å². The Balaban J connectivity index is 1.26. The number of likely N-dealkylation sites (tertiary alicyclic amines) is 1. The number of benzene rings is 2. The number of ether oxygens (including phenoxy) is 1. The van der Waals surface area contributed by atoms with E-state index in [2.05, 4.69) is 10.2 Å². The van der Waals surface area contributed by atoms with Crippen molar-refractivity contribution < 1.29 is 31.1 Å². The van der Waals surface area contributed by atoms with Gasteiger partial charge in [-0.1, -0.05) is 24.1 Å². The van der Waals surface area contributed by atoms with Gasteiger partial charge in [0.1, 0.15) is 5.75 Å². The number of hydrogen-bond acceptors (Lipinski definition) is 5. The van der Waals surface area contributed by atoms with E-state index in [9.17, 15) is 26.4 Å². The first-order chi connectivity index (χ1) is 19.0. The molecule has 2 aromatic rings. The summed E-state index contributed by atoms with van der Waals surface area (Å²) in [4.78, 5) is 15.1. The SMILES string of the molecule is O=C(C[C@@H]1CCCN1S(=O)(=O)c1cccc(C(F)(F)F)c1)N[C@@H]1CCOc2cc(CN3CCCCC3)c(Cl)cc21. The molecule has 0 aliphatic carbocycles. The molecule has 1 N–H and O–H groups in total. The summed E-state index contributed by atoms with van der Waals surface area (Å²) in [6.07, 6.45) is 0.345. The summed E-state index contributed by atoms with van der Waals surface area (Å²) in [5, 5.41) is 3.63. The summed E-state index contributed by atoms with van der Waals surface area (Å²) in [7, 11) is -4.21. The molecule has 40 heavy (non-hydrogen) atoms. The number of sulfonamides is 1. The van der Waals surface area contributed by atoms with E-state index in [1.165, 1.54) is 19.3 Å². The summed E-state index contributed by atoms with van der Waals surface area (Å²) in [6, 6.07) is 6.53. The fourth-order valence-corrected chi connectivity index (χ4v) is 7.82. The van der Waals surface area contributed by atoms with Gasteiger partial charge in [0.15, 0.2) is 0 Å². The summed E-state index contributed by atoms with van der Waals surface area (Å²) in [6.45, 7) is 3.38. The summed E-state index contributed by atoms with van der Waals surface area (Å²) in [5.41, 5.74) is 0.737. The zero-order valence-electron chi connectivity index (χ0n) is 22.1. The van der Waals surface area contributed by atoms with Gasteiger partial charge in [0, 0.05) is 42.6 Å². The number of hydrogen-bond donors (Lipinski definition) is 1. The summed E-state index contributed by atoms with van der Waals surface area (Å²) >= 11 is 6.65. The molecule has 2 saturated heterocycles. The topological polar surface area (TPSA) is 79.0 Å². The van der Waals surface area contributed by atoms with Crippen molar-refractivity contribution in [1.29, 1.82) is 0 Å². The molecule has 12 heteroatoms. The summed E-state index contributed by atoms with van der Waals surface area (Å²) < 4.78 is 73.1. The molecule has 7 nitrogen and oxygen atoms in total. The lowest BCUT2D eigenvalue weighted by Crippen LogP contribution is -2.40. The molecule has 218 valence electrons. The fraction of sp³-hybridized carbons (Fsp3) is 0.536. The number of nitrogens with one attached hydrogen (secondary N) is 1. The lowest BCUT2D eigenvalue weighted by atomic mass is 9.97. The molecule has 3 aliphatic rings. The number of rotatable bonds is 7. The van der Waals surface area contributed by atoms with Crippen LogP contribution in [0.2, 0.25) is 5.02 Å². The average Bonchev–Trinajstić information content (AvgIpc) is 3.39. The van der Waals surface area contributed by atoms with Crippen LogP contribution in [-0.2, 0) is 27.5 Å². The Hall–Kier alpha value is -2.34. The molecule has 5 rings (SSSR count). The predicted octanol–water partition coefficient (Wildman–Crippen LogP) is 5.53. The summed E-state index contributed by atoms with van der Waals surface area (Å²) in [5.74, 6) is 0.352. The maximum atomic E-state index is 13.3. The van der Waals surface area contributed by atoms with Gasteiger partial charge in [-0.15, -0.1) is 0 Å². The van der Waals surface area contributed by atoms with Gasteiger partial charge in [-0.3, -0.25) is 9.69 Å². The minimum atomic E-state index is -4.66. The van der Waals surface area contributed by atoms with Crippen molar-refractivity contribution in [1.82, 2.24) is 14.5 Å². The van der Waals surface area contributed by atoms with Crippen LogP contribution in [0.3, 0.4) is 0 Å². The van der Waals surface area contributed by atoms with Crippen LogP contribution in [0.1, 0.15) is 67.7 Å². The van der Waals surface area contributed by atoms with Crippen molar-refractivity contribution in [3.05, 3.63) is 58.1 Å². The zero-order chi connectivity index (χ0) is 28.5. The first-order valence-corrected chi connectivity index (χ1v) is 15.5. The van der Waals surface area contributed by atoms with Crippen LogP contribution in [0.5, 0.6) is 5.75 Å². The number of carbonyl (C=O) groups is 1. The third-order valence-electron chi connectivity index (χ3n) is 7.91. The number of fused-ring (bicyclic) bond motifs is 1. The molecule has 2 fully saturated rings. The number of alkyl halides is 3. The highest BCUT2D eigenvalue weighted by Gasteiger charge is 2.38.